The van der Waals surface area contributed by atoms with E-state index in [0.717, 1.165) is 5.56 Å². The summed E-state index contributed by atoms with van der Waals surface area (Å²) < 4.78 is 17.4. The van der Waals surface area contributed by atoms with Crippen molar-refractivity contribution >= 4 is 28.0 Å². The lowest BCUT2D eigenvalue weighted by molar-refractivity contribution is -0.156. The van der Waals surface area contributed by atoms with Gasteiger partial charge in [-0.1, -0.05) is 36.4 Å². The van der Waals surface area contributed by atoms with Gasteiger partial charge in [-0.15, -0.1) is 0 Å². The molecule has 1 unspecified atom stereocenters. The number of ether oxygens (including phenoxy) is 3. The third kappa shape index (κ3) is 5.53. The van der Waals surface area contributed by atoms with E-state index >= 15 is 0 Å². The van der Waals surface area contributed by atoms with Crippen molar-refractivity contribution in [2.75, 3.05) is 32.9 Å². The molecule has 1 aliphatic rings. The Morgan fingerprint density at radius 3 is 2.76 bits per heavy atom. The van der Waals surface area contributed by atoms with Crippen LogP contribution in [0.25, 0.3) is 0 Å². The molecule has 2 aromatic rings. The van der Waals surface area contributed by atoms with Crippen LogP contribution in [0.3, 0.4) is 0 Å². The minimum Gasteiger partial charge on any atom is -0.480 e. The fraction of sp³-hybridized carbons (Fsp3) is 0.350. The second-order valence-electron chi connectivity index (χ2n) is 6.53. The van der Waals surface area contributed by atoms with Crippen molar-refractivity contribution in [3.63, 3.8) is 0 Å². The lowest BCUT2D eigenvalue weighted by Crippen LogP contribution is -2.47. The van der Waals surface area contributed by atoms with Crippen LogP contribution in [0.4, 0.5) is 4.79 Å². The largest absolute Gasteiger partial charge is 0.480 e. The van der Waals surface area contributed by atoms with Gasteiger partial charge in [0.25, 0.3) is 0 Å². The molecule has 1 fully saturated rings. The Labute approximate surface area is 176 Å². The quantitative estimate of drug-likeness (QED) is 0.656. The van der Waals surface area contributed by atoms with Gasteiger partial charge in [-0.2, -0.15) is 0 Å². The van der Waals surface area contributed by atoms with Crippen molar-refractivity contribution in [2.45, 2.75) is 12.2 Å². The molecular weight excluding hydrogens is 444 g/mol. The van der Waals surface area contributed by atoms with Gasteiger partial charge in [-0.05, 0) is 27.6 Å². The van der Waals surface area contributed by atoms with E-state index in [1.165, 1.54) is 4.90 Å². The number of carboxylic acids is 1. The van der Waals surface area contributed by atoms with Crippen LogP contribution in [0.15, 0.2) is 53.3 Å². The molecule has 0 spiro atoms. The van der Waals surface area contributed by atoms with Crippen molar-refractivity contribution in [2.24, 2.45) is 0 Å². The van der Waals surface area contributed by atoms with Crippen molar-refractivity contribution in [3.8, 4) is 0 Å². The topological polar surface area (TPSA) is 98.2 Å². The number of aromatic nitrogens is 1. The van der Waals surface area contributed by atoms with Gasteiger partial charge in [0.05, 0.1) is 19.8 Å². The van der Waals surface area contributed by atoms with E-state index in [1.54, 1.807) is 18.3 Å². The van der Waals surface area contributed by atoms with Crippen LogP contribution < -0.4 is 0 Å². The third-order valence-electron chi connectivity index (χ3n) is 4.47. The maximum Gasteiger partial charge on any atom is 0.410 e. The van der Waals surface area contributed by atoms with Gasteiger partial charge < -0.3 is 24.2 Å². The van der Waals surface area contributed by atoms with Crippen LogP contribution in [0.1, 0.15) is 11.1 Å². The first kappa shape index (κ1) is 21.2. The zero-order valence-electron chi connectivity index (χ0n) is 15.6. The molecule has 1 amide bonds. The molecule has 1 aromatic carbocycles. The summed E-state index contributed by atoms with van der Waals surface area (Å²) in [5.74, 6) is -1.12. The number of carbonyl (C=O) groups excluding carboxylic acids is 1. The second-order valence-corrected chi connectivity index (χ2v) is 7.28. The number of halogens is 1. The maximum absolute atomic E-state index is 12.7. The van der Waals surface area contributed by atoms with E-state index in [0.29, 0.717) is 16.7 Å². The minimum atomic E-state index is -1.20. The van der Waals surface area contributed by atoms with Gasteiger partial charge in [0.1, 0.15) is 23.4 Å². The molecule has 0 aliphatic carbocycles. The van der Waals surface area contributed by atoms with E-state index in [2.05, 4.69) is 20.9 Å². The van der Waals surface area contributed by atoms with Crippen molar-refractivity contribution in [1.82, 2.24) is 9.88 Å². The van der Waals surface area contributed by atoms with Crippen molar-refractivity contribution in [1.29, 1.82) is 0 Å². The van der Waals surface area contributed by atoms with Crippen molar-refractivity contribution in [3.05, 3.63) is 64.4 Å². The molecule has 0 saturated carbocycles. The van der Waals surface area contributed by atoms with Gasteiger partial charge in [0.15, 0.2) is 0 Å². The number of carboxylic acid groups (broad SMARTS) is 1. The molecule has 29 heavy (non-hydrogen) atoms. The molecule has 1 atom stereocenters. The fourth-order valence-electron chi connectivity index (χ4n) is 3.06. The highest BCUT2D eigenvalue weighted by molar-refractivity contribution is 9.10. The highest BCUT2D eigenvalue weighted by atomic mass is 79.9. The molecule has 1 N–H and O–H groups in total. The molecule has 1 aromatic heterocycles. The Bertz CT molecular complexity index is 850. The number of carbonyl (C=O) groups is 2. The molecule has 3 rings (SSSR count). The fourth-order valence-corrected chi connectivity index (χ4v) is 3.68. The van der Waals surface area contributed by atoms with Crippen molar-refractivity contribution < 1.29 is 28.9 Å². The molecule has 0 radical (unpaired) electrons. The summed E-state index contributed by atoms with van der Waals surface area (Å²) in [7, 11) is 0. The summed E-state index contributed by atoms with van der Waals surface area (Å²) in [6.45, 7) is 0.305. The summed E-state index contributed by atoms with van der Waals surface area (Å²) in [6, 6.07) is 12.8. The van der Waals surface area contributed by atoms with Gasteiger partial charge in [0, 0.05) is 18.3 Å². The lowest BCUT2D eigenvalue weighted by atomic mass is 9.95. The smallest absolute Gasteiger partial charge is 0.410 e. The van der Waals surface area contributed by atoms with Crippen LogP contribution in [-0.2, 0) is 31.2 Å². The van der Waals surface area contributed by atoms with E-state index in [9.17, 15) is 9.59 Å². The van der Waals surface area contributed by atoms with Crippen LogP contribution in [0.2, 0.25) is 0 Å². The van der Waals surface area contributed by atoms with Crippen LogP contribution in [0, 0.1) is 0 Å². The van der Waals surface area contributed by atoms with Gasteiger partial charge in [0.2, 0.25) is 0 Å². The van der Waals surface area contributed by atoms with E-state index < -0.39 is 24.3 Å². The average molecular weight is 465 g/mol. The summed E-state index contributed by atoms with van der Waals surface area (Å²) >= 11 is 3.39. The summed E-state index contributed by atoms with van der Waals surface area (Å²) in [6.07, 6.45) is 1.07. The Morgan fingerprint density at radius 1 is 1.24 bits per heavy atom. The second kappa shape index (κ2) is 9.82. The number of amides is 1. The first-order valence-electron chi connectivity index (χ1n) is 9.00. The lowest BCUT2D eigenvalue weighted by Gasteiger charge is -2.35. The van der Waals surface area contributed by atoms with E-state index in [4.69, 9.17) is 19.3 Å². The Balaban J connectivity index is 1.81. The number of pyridine rings is 1. The van der Waals surface area contributed by atoms with Gasteiger partial charge in [-0.25, -0.2) is 14.6 Å². The predicted molar refractivity (Wildman–Crippen MR) is 106 cm³/mol. The Morgan fingerprint density at radius 2 is 2.03 bits per heavy atom. The monoisotopic (exact) mass is 464 g/mol. The highest BCUT2D eigenvalue weighted by Crippen LogP contribution is 2.33. The number of benzene rings is 1. The first-order valence-corrected chi connectivity index (χ1v) is 9.79. The van der Waals surface area contributed by atoms with E-state index in [1.807, 2.05) is 30.3 Å². The molecular formula is C20H21BrN2O6. The molecule has 154 valence electrons. The number of aliphatic carboxylic acids is 1. The van der Waals surface area contributed by atoms with Crippen LogP contribution >= 0.6 is 15.9 Å². The minimum absolute atomic E-state index is 0.0677. The summed E-state index contributed by atoms with van der Waals surface area (Å²) in [5, 5.41) is 9.13. The molecule has 2 heterocycles. The zero-order chi connectivity index (χ0) is 20.7. The Kier molecular flexibility index (Phi) is 7.18. The van der Waals surface area contributed by atoms with Crippen LogP contribution in [0.5, 0.6) is 0 Å². The normalized spacial score (nSPS) is 19.4. The molecule has 1 saturated heterocycles. The SMILES string of the molecule is O=C(O)COC1(c2cccnc2Br)COCCN(C(=O)OCc2ccccc2)C1. The van der Waals surface area contributed by atoms with Crippen LogP contribution in [-0.4, -0.2) is 60.0 Å². The zero-order valence-corrected chi connectivity index (χ0v) is 17.2. The molecule has 1 aliphatic heterocycles. The average Bonchev–Trinajstić information content (AvgIpc) is 2.95. The third-order valence-corrected chi connectivity index (χ3v) is 5.10. The highest BCUT2D eigenvalue weighted by Gasteiger charge is 2.42. The molecule has 0 bridgehead atoms. The number of rotatable bonds is 6. The van der Waals surface area contributed by atoms with Gasteiger partial charge >= 0.3 is 12.1 Å². The number of nitrogens with zero attached hydrogens (tertiary/aromatic N) is 2. The van der Waals surface area contributed by atoms with Gasteiger partial charge in [-0.3, -0.25) is 0 Å². The number of hydrogen-bond acceptors (Lipinski definition) is 6. The predicted octanol–water partition coefficient (Wildman–Crippen LogP) is 2.81. The standard InChI is InChI=1S/C20H21BrN2O6/c21-18-16(7-4-8-22-18)20(29-12-17(24)25)13-23(9-10-27-14-20)19(26)28-11-15-5-2-1-3-6-15/h1-8H,9-14H2,(H,24,25). The molecule has 8 nitrogen and oxygen atoms in total. The Hall–Kier alpha value is -2.49. The maximum atomic E-state index is 12.7. The molecule has 9 heteroatoms. The van der Waals surface area contributed by atoms with E-state index in [-0.39, 0.29) is 26.4 Å². The summed E-state index contributed by atoms with van der Waals surface area (Å²) in [5.41, 5.74) is 0.271. The first-order chi connectivity index (χ1) is 14.0. The number of hydrogen-bond donors (Lipinski definition) is 1. The summed E-state index contributed by atoms with van der Waals surface area (Å²) in [4.78, 5) is 29.5.